The second kappa shape index (κ2) is 8.78. The van der Waals surface area contributed by atoms with Gasteiger partial charge < -0.3 is 0 Å². The Morgan fingerprint density at radius 2 is 1.18 bits per heavy atom. The van der Waals surface area contributed by atoms with Crippen molar-refractivity contribution in [2.45, 2.75) is 44.8 Å². The summed E-state index contributed by atoms with van der Waals surface area (Å²) in [7, 11) is -1.82. The molecule has 0 aliphatic carbocycles. The molecule has 0 N–H and O–H groups in total. The molecule has 5 rings (SSSR count). The van der Waals surface area contributed by atoms with Crippen LogP contribution in [-0.2, 0) is 0 Å². The number of hydrogen-bond acceptors (Lipinski definition) is 0. The summed E-state index contributed by atoms with van der Waals surface area (Å²) in [5, 5.41) is 10.2. The van der Waals surface area contributed by atoms with E-state index in [1.165, 1.54) is 43.1 Å². The average molecular weight is 457 g/mol. The van der Waals surface area contributed by atoms with Crippen LogP contribution in [0.25, 0.3) is 43.1 Å². The molecule has 0 spiro atoms. The molecule has 0 fully saturated rings. The highest BCUT2D eigenvalue weighted by molar-refractivity contribution is 6.89. The normalized spacial score (nSPS) is 12.1. The van der Waals surface area contributed by atoms with E-state index in [1.54, 1.807) is 0 Å². The van der Waals surface area contributed by atoms with Gasteiger partial charge in [0.15, 0.2) is 0 Å². The zero-order chi connectivity index (χ0) is 23.9. The smallest absolute Gasteiger partial charge is 0.125 e. The maximum Gasteiger partial charge on any atom is 0.147 e. The van der Waals surface area contributed by atoms with Gasteiger partial charge >= 0.3 is 0 Å². The molecule has 0 saturated heterocycles. The van der Waals surface area contributed by atoms with Gasteiger partial charge in [0.2, 0.25) is 0 Å². The number of hydrogen-bond donors (Lipinski definition) is 0. The number of rotatable bonds is 4. The first-order valence-corrected chi connectivity index (χ1v) is 14.7. The monoisotopic (exact) mass is 456 g/mol. The summed E-state index contributed by atoms with van der Waals surface area (Å²) in [6, 6.07) is 30.1. The van der Waals surface area contributed by atoms with Crippen LogP contribution in [0.2, 0.25) is 17.1 Å². The summed E-state index contributed by atoms with van der Waals surface area (Å²) >= 11 is 0. The van der Waals surface area contributed by atoms with E-state index >= 15 is 0 Å². The number of allylic oxidation sites excluding steroid dienone is 1. The highest BCUT2D eigenvalue weighted by Crippen LogP contribution is 2.36. The van der Waals surface area contributed by atoms with E-state index in [0.717, 1.165) is 11.6 Å². The van der Waals surface area contributed by atoms with Gasteiger partial charge in [0.1, 0.15) is 8.07 Å². The Hall–Kier alpha value is -3.34. The van der Waals surface area contributed by atoms with Gasteiger partial charge in [0.25, 0.3) is 0 Å². The maximum absolute atomic E-state index is 4.06. The topological polar surface area (TPSA) is 0 Å². The van der Waals surface area contributed by atoms with Gasteiger partial charge in [-0.25, -0.2) is 0 Å². The van der Waals surface area contributed by atoms with E-state index in [2.05, 4.69) is 131 Å². The molecule has 0 bridgehead atoms. The summed E-state index contributed by atoms with van der Waals surface area (Å²) < 4.78 is 0. The largest absolute Gasteiger partial charge is 0.147 e. The Labute approximate surface area is 204 Å². The van der Waals surface area contributed by atoms with Crippen molar-refractivity contribution in [2.75, 3.05) is 0 Å². The molecule has 0 unspecified atom stereocenters. The zero-order valence-electron chi connectivity index (χ0n) is 20.7. The van der Waals surface area contributed by atoms with E-state index in [9.17, 15) is 0 Å². The predicted octanol–water partition coefficient (Wildman–Crippen LogP) is 9.64. The molecule has 1 heteroatoms. The van der Waals surface area contributed by atoms with E-state index in [-0.39, 0.29) is 0 Å². The van der Waals surface area contributed by atoms with Gasteiger partial charge in [-0.1, -0.05) is 76.1 Å². The summed E-state index contributed by atoms with van der Waals surface area (Å²) in [5.41, 5.74) is 6.18. The Bertz CT molecular complexity index is 1600. The average Bonchev–Trinajstić information content (AvgIpc) is 2.82. The van der Waals surface area contributed by atoms with Crippen LogP contribution in [0.15, 0.2) is 91.5 Å². The Morgan fingerprint density at radius 3 is 1.74 bits per heavy atom. The second-order valence-corrected chi connectivity index (χ2v) is 15.3. The van der Waals surface area contributed by atoms with Crippen LogP contribution in [0.1, 0.15) is 33.3 Å². The Balaban J connectivity index is 1.70. The van der Waals surface area contributed by atoms with Crippen LogP contribution in [-0.4, -0.2) is 8.07 Å². The lowest BCUT2D eigenvalue weighted by Gasteiger charge is -2.33. The second-order valence-electron chi connectivity index (χ2n) is 10.2. The van der Waals surface area contributed by atoms with Gasteiger partial charge in [-0.3, -0.25) is 0 Å². The van der Waals surface area contributed by atoms with Crippen molar-refractivity contribution in [3.8, 4) is 11.5 Å². The molecule has 0 radical (unpaired) electrons. The third-order valence-corrected chi connectivity index (χ3v) is 13.3. The summed E-state index contributed by atoms with van der Waals surface area (Å²) in [6.07, 6.45) is 2.09. The van der Waals surface area contributed by atoms with Crippen LogP contribution in [0, 0.1) is 11.5 Å². The number of benzene rings is 5. The first-order chi connectivity index (χ1) is 16.4. The lowest BCUT2D eigenvalue weighted by atomic mass is 9.96. The molecule has 0 aliphatic rings. The van der Waals surface area contributed by atoms with Crippen molar-refractivity contribution < 1.29 is 0 Å². The molecule has 0 heterocycles. The van der Waals surface area contributed by atoms with Crippen LogP contribution >= 0.6 is 0 Å². The minimum atomic E-state index is -1.82. The van der Waals surface area contributed by atoms with Crippen molar-refractivity contribution in [3.05, 3.63) is 97.1 Å². The fourth-order valence-electron chi connectivity index (χ4n) is 5.48. The fraction of sp³-hybridized carbons (Fsp3) is 0.212. The molecule has 0 saturated carbocycles. The molecule has 168 valence electrons. The highest BCUT2D eigenvalue weighted by Gasteiger charge is 2.37. The van der Waals surface area contributed by atoms with E-state index in [4.69, 9.17) is 0 Å². The summed E-state index contributed by atoms with van der Waals surface area (Å²) in [6.45, 7) is 13.4. The van der Waals surface area contributed by atoms with Gasteiger partial charge in [0, 0.05) is 5.56 Å². The van der Waals surface area contributed by atoms with Gasteiger partial charge in [-0.05, 0) is 103 Å². The molecule has 5 aromatic carbocycles. The van der Waals surface area contributed by atoms with E-state index in [1.807, 2.05) is 0 Å². The fourth-order valence-corrected chi connectivity index (χ4v) is 9.28. The zero-order valence-corrected chi connectivity index (χ0v) is 21.7. The minimum absolute atomic E-state index is 0.593. The Kier molecular flexibility index (Phi) is 5.80. The van der Waals surface area contributed by atoms with E-state index < -0.39 is 8.07 Å². The van der Waals surface area contributed by atoms with Crippen molar-refractivity contribution in [1.82, 2.24) is 0 Å². The lowest BCUT2D eigenvalue weighted by molar-refractivity contribution is 0.909. The first-order valence-electron chi connectivity index (χ1n) is 12.3. The third-order valence-electron chi connectivity index (χ3n) is 7.63. The maximum atomic E-state index is 4.06. The van der Waals surface area contributed by atoms with Crippen LogP contribution < -0.4 is 0 Å². The predicted molar refractivity (Wildman–Crippen MR) is 154 cm³/mol. The molecule has 0 aliphatic heterocycles. The van der Waals surface area contributed by atoms with Crippen molar-refractivity contribution in [2.24, 2.45) is 0 Å². The molecule has 5 aromatic rings. The molecule has 34 heavy (non-hydrogen) atoms. The van der Waals surface area contributed by atoms with Gasteiger partial charge in [0.05, 0.1) is 0 Å². The van der Waals surface area contributed by atoms with Crippen molar-refractivity contribution in [1.29, 1.82) is 0 Å². The first kappa shape index (κ1) is 22.4. The summed E-state index contributed by atoms with van der Waals surface area (Å²) in [5.74, 6) is 3.67. The van der Waals surface area contributed by atoms with Gasteiger partial charge in [-0.15, -0.1) is 12.1 Å². The van der Waals surface area contributed by atoms with Crippen LogP contribution in [0.5, 0.6) is 0 Å². The van der Waals surface area contributed by atoms with E-state index in [0.29, 0.717) is 11.1 Å². The molecule has 0 nitrogen and oxygen atoms in total. The Morgan fingerprint density at radius 1 is 0.676 bits per heavy atom. The van der Waals surface area contributed by atoms with Crippen LogP contribution in [0.3, 0.4) is 0 Å². The minimum Gasteiger partial charge on any atom is -0.125 e. The molecule has 0 aromatic heterocycles. The molecule has 0 atom stereocenters. The quantitative estimate of drug-likeness (QED) is 0.109. The van der Waals surface area contributed by atoms with Gasteiger partial charge in [-0.2, -0.15) is 0 Å². The van der Waals surface area contributed by atoms with Crippen molar-refractivity contribution >= 4 is 51.2 Å². The SMILES string of the molecule is C=CC[Si](C#Cc1cccc2cc3cc4cc5ccccc5cc4cc3cc12)(C(C)C)C(C)C. The third kappa shape index (κ3) is 3.83. The van der Waals surface area contributed by atoms with Crippen LogP contribution in [0.4, 0.5) is 0 Å². The highest BCUT2D eigenvalue weighted by atomic mass is 28.3. The molecular weight excluding hydrogens is 424 g/mol. The standard InChI is InChI=1S/C33H32Si/c1-6-15-34(23(2)3,24(4)5)16-14-25-12-9-13-28-19-31-20-29-17-26-10-7-8-11-27(26)18-30(29)21-32(31)22-33(25)28/h6-13,17-24H,1,15H2,2-5H3. The molecular formula is C33H32Si. The lowest BCUT2D eigenvalue weighted by Crippen LogP contribution is -2.39. The number of fused-ring (bicyclic) bond motifs is 4. The summed E-state index contributed by atoms with van der Waals surface area (Å²) in [4.78, 5) is 0. The van der Waals surface area contributed by atoms with Crippen molar-refractivity contribution in [3.63, 3.8) is 0 Å². The molecule has 0 amide bonds.